The van der Waals surface area contributed by atoms with Crippen molar-refractivity contribution < 1.29 is 24.2 Å². The lowest BCUT2D eigenvalue weighted by Gasteiger charge is -2.22. The molecule has 0 atom stereocenters. The lowest BCUT2D eigenvalue weighted by atomic mass is 9.95. The maximum absolute atomic E-state index is 12.4. The molecule has 0 heterocycles. The van der Waals surface area contributed by atoms with Gasteiger partial charge in [0.25, 0.3) is 0 Å². The highest BCUT2D eigenvalue weighted by atomic mass is 16.6. The van der Waals surface area contributed by atoms with Gasteiger partial charge in [-0.05, 0) is 52.6 Å². The van der Waals surface area contributed by atoms with Crippen LogP contribution in [0.25, 0.3) is 0 Å². The molecular formula is C31H61NO5. The fourth-order valence-electron chi connectivity index (χ4n) is 4.36. The van der Waals surface area contributed by atoms with E-state index < -0.39 is 5.41 Å². The van der Waals surface area contributed by atoms with E-state index in [0.717, 1.165) is 51.7 Å². The molecule has 0 aromatic heterocycles. The molecule has 0 fully saturated rings. The Labute approximate surface area is 229 Å². The number of esters is 2. The van der Waals surface area contributed by atoms with Crippen molar-refractivity contribution in [1.82, 2.24) is 4.90 Å². The number of ether oxygens (including phenoxy) is 2. The van der Waals surface area contributed by atoms with Gasteiger partial charge in [-0.2, -0.15) is 0 Å². The van der Waals surface area contributed by atoms with E-state index in [0.29, 0.717) is 13.0 Å². The maximum atomic E-state index is 12.4. The molecule has 0 unspecified atom stereocenters. The zero-order valence-corrected chi connectivity index (χ0v) is 25.0. The first-order valence-corrected chi connectivity index (χ1v) is 15.5. The molecule has 220 valence electrons. The van der Waals surface area contributed by atoms with Crippen LogP contribution in [0.4, 0.5) is 0 Å². The molecule has 6 nitrogen and oxygen atoms in total. The zero-order chi connectivity index (χ0) is 27.6. The van der Waals surface area contributed by atoms with Crippen LogP contribution >= 0.6 is 0 Å². The summed E-state index contributed by atoms with van der Waals surface area (Å²) >= 11 is 0. The summed E-state index contributed by atoms with van der Waals surface area (Å²) < 4.78 is 10.8. The van der Waals surface area contributed by atoms with Crippen molar-refractivity contribution in [2.75, 3.05) is 39.5 Å². The van der Waals surface area contributed by atoms with Crippen LogP contribution < -0.4 is 0 Å². The lowest BCUT2D eigenvalue weighted by molar-refractivity contribution is -0.161. The predicted molar refractivity (Wildman–Crippen MR) is 154 cm³/mol. The summed E-state index contributed by atoms with van der Waals surface area (Å²) in [5.41, 5.74) is -0.821. The van der Waals surface area contributed by atoms with Crippen molar-refractivity contribution in [2.24, 2.45) is 5.41 Å². The van der Waals surface area contributed by atoms with Crippen LogP contribution in [0, 0.1) is 5.41 Å². The highest BCUT2D eigenvalue weighted by molar-refractivity contribution is 5.77. The Morgan fingerprint density at radius 2 is 1.14 bits per heavy atom. The van der Waals surface area contributed by atoms with Crippen molar-refractivity contribution in [2.45, 2.75) is 143 Å². The van der Waals surface area contributed by atoms with Gasteiger partial charge in [0.15, 0.2) is 0 Å². The minimum atomic E-state index is -0.821. The average molecular weight is 528 g/mol. The number of rotatable bonds is 27. The van der Waals surface area contributed by atoms with E-state index >= 15 is 0 Å². The first-order valence-electron chi connectivity index (χ1n) is 15.5. The van der Waals surface area contributed by atoms with E-state index in [4.69, 9.17) is 9.47 Å². The maximum Gasteiger partial charge on any atom is 0.314 e. The smallest absolute Gasteiger partial charge is 0.314 e. The normalized spacial score (nSPS) is 11.7. The summed E-state index contributed by atoms with van der Waals surface area (Å²) in [7, 11) is 0. The van der Waals surface area contributed by atoms with Crippen LogP contribution in [0.15, 0.2) is 0 Å². The summed E-state index contributed by atoms with van der Waals surface area (Å²) in [5.74, 6) is -0.544. The second kappa shape index (κ2) is 25.2. The third-order valence-electron chi connectivity index (χ3n) is 6.98. The monoisotopic (exact) mass is 527 g/mol. The SMILES string of the molecule is CCCCCCCCCCN(CCO)CCCCCC(=O)OCC(C)(C)C(=O)OCCCCCCCC. The second-order valence-electron chi connectivity index (χ2n) is 11.3. The van der Waals surface area contributed by atoms with Crippen LogP contribution in [-0.2, 0) is 19.1 Å². The molecule has 0 aromatic carbocycles. The minimum Gasteiger partial charge on any atom is -0.465 e. The van der Waals surface area contributed by atoms with Gasteiger partial charge in [-0.25, -0.2) is 0 Å². The number of hydrogen-bond donors (Lipinski definition) is 1. The molecule has 0 spiro atoms. The van der Waals surface area contributed by atoms with E-state index in [9.17, 15) is 14.7 Å². The van der Waals surface area contributed by atoms with E-state index in [1.165, 1.54) is 77.0 Å². The number of aliphatic hydroxyl groups is 1. The number of unbranched alkanes of at least 4 members (excludes halogenated alkanes) is 14. The molecule has 1 N–H and O–H groups in total. The highest BCUT2D eigenvalue weighted by Gasteiger charge is 2.31. The molecule has 0 rings (SSSR count). The molecule has 0 saturated carbocycles. The van der Waals surface area contributed by atoms with Crippen LogP contribution in [-0.4, -0.2) is 61.4 Å². The summed E-state index contributed by atoms with van der Waals surface area (Å²) in [6.45, 7) is 11.4. The van der Waals surface area contributed by atoms with Crippen molar-refractivity contribution in [3.05, 3.63) is 0 Å². The Kier molecular flexibility index (Phi) is 24.4. The van der Waals surface area contributed by atoms with Gasteiger partial charge in [0.1, 0.15) is 6.61 Å². The Hall–Kier alpha value is -1.14. The fraction of sp³-hybridized carbons (Fsp3) is 0.935. The molecule has 37 heavy (non-hydrogen) atoms. The van der Waals surface area contributed by atoms with Crippen molar-refractivity contribution >= 4 is 11.9 Å². The summed E-state index contributed by atoms with van der Waals surface area (Å²) in [6.07, 6.45) is 20.5. The van der Waals surface area contributed by atoms with E-state index in [1.54, 1.807) is 13.8 Å². The van der Waals surface area contributed by atoms with Gasteiger partial charge in [-0.3, -0.25) is 9.59 Å². The molecule has 0 saturated heterocycles. The Balaban J connectivity index is 3.88. The molecule has 0 amide bonds. The van der Waals surface area contributed by atoms with E-state index in [1.807, 2.05) is 0 Å². The quantitative estimate of drug-likeness (QED) is 0.0883. The summed E-state index contributed by atoms with van der Waals surface area (Å²) in [6, 6.07) is 0. The van der Waals surface area contributed by atoms with E-state index in [-0.39, 0.29) is 25.2 Å². The first-order chi connectivity index (χ1) is 17.9. The van der Waals surface area contributed by atoms with Crippen molar-refractivity contribution in [3.8, 4) is 0 Å². The van der Waals surface area contributed by atoms with Gasteiger partial charge in [0, 0.05) is 13.0 Å². The highest BCUT2D eigenvalue weighted by Crippen LogP contribution is 2.19. The number of carbonyl (C=O) groups is 2. The van der Waals surface area contributed by atoms with Crippen LogP contribution in [0.2, 0.25) is 0 Å². The Morgan fingerprint density at radius 1 is 0.649 bits per heavy atom. The van der Waals surface area contributed by atoms with Crippen LogP contribution in [0.5, 0.6) is 0 Å². The Morgan fingerprint density at radius 3 is 1.68 bits per heavy atom. The fourth-order valence-corrected chi connectivity index (χ4v) is 4.36. The number of nitrogens with zero attached hydrogens (tertiary/aromatic N) is 1. The summed E-state index contributed by atoms with van der Waals surface area (Å²) in [5, 5.41) is 9.36. The first kappa shape index (κ1) is 35.9. The van der Waals surface area contributed by atoms with Gasteiger partial charge >= 0.3 is 11.9 Å². The number of carbonyl (C=O) groups excluding carboxylic acids is 2. The van der Waals surface area contributed by atoms with Gasteiger partial charge in [-0.15, -0.1) is 0 Å². The molecular weight excluding hydrogens is 466 g/mol. The van der Waals surface area contributed by atoms with Gasteiger partial charge in [0.2, 0.25) is 0 Å². The molecule has 0 aliphatic heterocycles. The average Bonchev–Trinajstić information content (AvgIpc) is 2.88. The molecule has 6 heteroatoms. The Bertz CT molecular complexity index is 538. The molecule has 0 bridgehead atoms. The topological polar surface area (TPSA) is 76.1 Å². The largest absolute Gasteiger partial charge is 0.465 e. The number of aliphatic hydroxyl groups excluding tert-OH is 1. The number of hydrogen-bond acceptors (Lipinski definition) is 6. The standard InChI is InChI=1S/C31H61NO5/c1-5-7-9-11-13-14-15-19-23-32(25-26-33)24-20-17-18-22-29(34)37-28-31(3,4)30(35)36-27-21-16-12-10-8-6-2/h33H,5-28H2,1-4H3. The second-order valence-corrected chi connectivity index (χ2v) is 11.3. The molecule has 0 aromatic rings. The molecule has 0 aliphatic carbocycles. The van der Waals surface area contributed by atoms with Crippen LogP contribution in [0.1, 0.15) is 143 Å². The third-order valence-corrected chi connectivity index (χ3v) is 6.98. The van der Waals surface area contributed by atoms with Gasteiger partial charge in [0.05, 0.1) is 18.6 Å². The predicted octanol–water partition coefficient (Wildman–Crippen LogP) is 7.45. The van der Waals surface area contributed by atoms with Crippen molar-refractivity contribution in [3.63, 3.8) is 0 Å². The summed E-state index contributed by atoms with van der Waals surface area (Å²) in [4.78, 5) is 26.9. The third kappa shape index (κ3) is 22.5. The van der Waals surface area contributed by atoms with Crippen molar-refractivity contribution in [1.29, 1.82) is 0 Å². The van der Waals surface area contributed by atoms with Crippen LogP contribution in [0.3, 0.4) is 0 Å². The van der Waals surface area contributed by atoms with Gasteiger partial charge < -0.3 is 19.5 Å². The lowest BCUT2D eigenvalue weighted by Crippen LogP contribution is -2.33. The minimum absolute atomic E-state index is 0.0596. The zero-order valence-electron chi connectivity index (χ0n) is 25.0. The molecule has 0 radical (unpaired) electrons. The van der Waals surface area contributed by atoms with Gasteiger partial charge in [-0.1, -0.05) is 97.3 Å². The van der Waals surface area contributed by atoms with E-state index in [2.05, 4.69) is 18.7 Å². The molecule has 0 aliphatic rings.